The number of methoxy groups -OCH3 is 1. The standard InChI is InChI=1S/C17H14ClNO2/c1-3-12-21-16-7-5-4-6-15(16)17(18)19-13-8-10-14(20-2)11-9-13/h1,4-11H,12H2,2H3. The van der Waals surface area contributed by atoms with Crippen LogP contribution in [0.4, 0.5) is 5.69 Å². The number of ether oxygens (including phenoxy) is 2. The maximum absolute atomic E-state index is 6.29. The van der Waals surface area contributed by atoms with Gasteiger partial charge in [0.05, 0.1) is 18.4 Å². The summed E-state index contributed by atoms with van der Waals surface area (Å²) >= 11 is 6.29. The molecular weight excluding hydrogens is 286 g/mol. The maximum atomic E-state index is 6.29. The van der Waals surface area contributed by atoms with Crippen molar-refractivity contribution in [2.24, 2.45) is 4.99 Å². The molecule has 0 fully saturated rings. The largest absolute Gasteiger partial charge is 0.497 e. The fraction of sp³-hybridized carbons (Fsp3) is 0.118. The van der Waals surface area contributed by atoms with Gasteiger partial charge in [0.25, 0.3) is 0 Å². The van der Waals surface area contributed by atoms with Gasteiger partial charge in [-0.25, -0.2) is 4.99 Å². The molecule has 3 nitrogen and oxygen atoms in total. The smallest absolute Gasteiger partial charge is 0.148 e. The van der Waals surface area contributed by atoms with Crippen molar-refractivity contribution in [2.75, 3.05) is 13.7 Å². The number of terminal acetylenes is 1. The van der Waals surface area contributed by atoms with Gasteiger partial charge in [-0.3, -0.25) is 0 Å². The first-order valence-electron chi connectivity index (χ1n) is 6.28. The molecule has 2 rings (SSSR count). The lowest BCUT2D eigenvalue weighted by Crippen LogP contribution is -2.00. The van der Waals surface area contributed by atoms with Crippen LogP contribution in [0.3, 0.4) is 0 Å². The molecule has 0 amide bonds. The predicted octanol–water partition coefficient (Wildman–Crippen LogP) is 4.02. The number of hydrogen-bond donors (Lipinski definition) is 0. The Balaban J connectivity index is 2.27. The molecule has 0 aliphatic heterocycles. The molecule has 2 aromatic rings. The highest BCUT2D eigenvalue weighted by molar-refractivity contribution is 6.70. The van der Waals surface area contributed by atoms with Crippen molar-refractivity contribution in [2.45, 2.75) is 0 Å². The molecule has 2 aromatic carbocycles. The molecule has 21 heavy (non-hydrogen) atoms. The summed E-state index contributed by atoms with van der Waals surface area (Å²) in [5, 5.41) is 0.341. The van der Waals surface area contributed by atoms with E-state index in [-0.39, 0.29) is 6.61 Å². The van der Waals surface area contributed by atoms with E-state index in [0.29, 0.717) is 16.5 Å². The van der Waals surface area contributed by atoms with Gasteiger partial charge in [-0.15, -0.1) is 6.42 Å². The van der Waals surface area contributed by atoms with Crippen molar-refractivity contribution >= 4 is 22.5 Å². The van der Waals surface area contributed by atoms with E-state index >= 15 is 0 Å². The second kappa shape index (κ2) is 7.37. The molecule has 106 valence electrons. The summed E-state index contributed by atoms with van der Waals surface area (Å²) in [5.41, 5.74) is 1.43. The van der Waals surface area contributed by atoms with Crippen LogP contribution in [0.1, 0.15) is 5.56 Å². The Kier molecular flexibility index (Phi) is 5.25. The highest BCUT2D eigenvalue weighted by atomic mass is 35.5. The average Bonchev–Trinajstić information content (AvgIpc) is 2.54. The number of nitrogens with zero attached hydrogens (tertiary/aromatic N) is 1. The van der Waals surface area contributed by atoms with E-state index in [4.69, 9.17) is 27.5 Å². The lowest BCUT2D eigenvalue weighted by atomic mass is 10.2. The molecule has 0 unspecified atom stereocenters. The number of halogens is 1. The Morgan fingerprint density at radius 1 is 1.19 bits per heavy atom. The SMILES string of the molecule is C#CCOc1ccccc1C(Cl)=Nc1ccc(OC)cc1. The van der Waals surface area contributed by atoms with Crippen molar-refractivity contribution in [3.8, 4) is 23.8 Å². The van der Waals surface area contributed by atoms with Crippen LogP contribution >= 0.6 is 11.6 Å². The highest BCUT2D eigenvalue weighted by Gasteiger charge is 2.08. The molecular formula is C17H14ClNO2. The molecule has 0 radical (unpaired) electrons. The van der Waals surface area contributed by atoms with E-state index in [1.165, 1.54) is 0 Å². The van der Waals surface area contributed by atoms with E-state index in [1.54, 1.807) is 13.2 Å². The zero-order valence-electron chi connectivity index (χ0n) is 11.5. The third kappa shape index (κ3) is 4.01. The average molecular weight is 300 g/mol. The summed E-state index contributed by atoms with van der Waals surface area (Å²) in [7, 11) is 1.62. The molecule has 0 saturated heterocycles. The first-order chi connectivity index (χ1) is 10.2. The molecule has 0 N–H and O–H groups in total. The first kappa shape index (κ1) is 15.0. The maximum Gasteiger partial charge on any atom is 0.148 e. The Morgan fingerprint density at radius 3 is 2.57 bits per heavy atom. The summed E-state index contributed by atoms with van der Waals surface area (Å²) in [6.07, 6.45) is 5.20. The predicted molar refractivity (Wildman–Crippen MR) is 85.8 cm³/mol. The van der Waals surface area contributed by atoms with Gasteiger partial charge in [0.1, 0.15) is 23.3 Å². The summed E-state index contributed by atoms with van der Waals surface area (Å²) in [6.45, 7) is 0.184. The topological polar surface area (TPSA) is 30.8 Å². The van der Waals surface area contributed by atoms with Gasteiger partial charge in [-0.05, 0) is 36.4 Å². The van der Waals surface area contributed by atoms with E-state index in [2.05, 4.69) is 10.9 Å². The minimum absolute atomic E-state index is 0.184. The van der Waals surface area contributed by atoms with Crippen LogP contribution in [0.15, 0.2) is 53.5 Å². The number of aliphatic imine (C=N–C) groups is 1. The third-order valence-corrected chi connectivity index (χ3v) is 3.01. The van der Waals surface area contributed by atoms with Crippen molar-refractivity contribution in [3.05, 3.63) is 54.1 Å². The van der Waals surface area contributed by atoms with Crippen LogP contribution in [0.25, 0.3) is 0 Å². The number of rotatable bonds is 5. The zero-order chi connectivity index (χ0) is 15.1. The minimum Gasteiger partial charge on any atom is -0.497 e. The van der Waals surface area contributed by atoms with Gasteiger partial charge < -0.3 is 9.47 Å². The Bertz CT molecular complexity index is 672. The summed E-state index contributed by atoms with van der Waals surface area (Å²) in [4.78, 5) is 4.37. The lowest BCUT2D eigenvalue weighted by Gasteiger charge is -2.08. The molecule has 0 heterocycles. The molecule has 4 heteroatoms. The lowest BCUT2D eigenvalue weighted by molar-refractivity contribution is 0.370. The van der Waals surface area contributed by atoms with Crippen LogP contribution in [0.5, 0.6) is 11.5 Å². The van der Waals surface area contributed by atoms with Crippen molar-refractivity contribution in [1.82, 2.24) is 0 Å². The molecule has 0 aromatic heterocycles. The van der Waals surface area contributed by atoms with Crippen LogP contribution in [0, 0.1) is 12.3 Å². The molecule has 0 saturated carbocycles. The highest BCUT2D eigenvalue weighted by Crippen LogP contribution is 2.24. The van der Waals surface area contributed by atoms with Crippen LogP contribution in [0.2, 0.25) is 0 Å². The summed E-state index contributed by atoms with van der Waals surface area (Å²) < 4.78 is 10.6. The number of benzene rings is 2. The van der Waals surface area contributed by atoms with Gasteiger partial charge in [0.2, 0.25) is 0 Å². The van der Waals surface area contributed by atoms with Gasteiger partial charge in [0, 0.05) is 0 Å². The van der Waals surface area contributed by atoms with Gasteiger partial charge in [-0.2, -0.15) is 0 Å². The number of para-hydroxylation sites is 1. The van der Waals surface area contributed by atoms with Crippen LogP contribution < -0.4 is 9.47 Å². The molecule has 0 spiro atoms. The van der Waals surface area contributed by atoms with Crippen LogP contribution in [-0.4, -0.2) is 18.9 Å². The van der Waals surface area contributed by atoms with Crippen molar-refractivity contribution < 1.29 is 9.47 Å². The third-order valence-electron chi connectivity index (χ3n) is 2.72. The van der Waals surface area contributed by atoms with Gasteiger partial charge in [-0.1, -0.05) is 29.7 Å². The van der Waals surface area contributed by atoms with Gasteiger partial charge in [0.15, 0.2) is 0 Å². The Labute approximate surface area is 129 Å². The first-order valence-corrected chi connectivity index (χ1v) is 6.66. The zero-order valence-corrected chi connectivity index (χ0v) is 12.3. The Hall–Kier alpha value is -2.44. The van der Waals surface area contributed by atoms with E-state index in [0.717, 1.165) is 11.4 Å². The van der Waals surface area contributed by atoms with Gasteiger partial charge >= 0.3 is 0 Å². The molecule has 0 aliphatic carbocycles. The summed E-state index contributed by atoms with van der Waals surface area (Å²) in [6, 6.07) is 14.7. The molecule has 0 aliphatic rings. The molecule has 0 atom stereocenters. The fourth-order valence-electron chi connectivity index (χ4n) is 1.71. The second-order valence-electron chi connectivity index (χ2n) is 4.09. The normalized spacial score (nSPS) is 10.8. The minimum atomic E-state index is 0.184. The monoisotopic (exact) mass is 299 g/mol. The van der Waals surface area contributed by atoms with Crippen LogP contribution in [-0.2, 0) is 0 Å². The van der Waals surface area contributed by atoms with Crippen molar-refractivity contribution in [1.29, 1.82) is 0 Å². The van der Waals surface area contributed by atoms with E-state index in [9.17, 15) is 0 Å². The van der Waals surface area contributed by atoms with E-state index < -0.39 is 0 Å². The quantitative estimate of drug-likeness (QED) is 0.616. The van der Waals surface area contributed by atoms with Crippen molar-refractivity contribution in [3.63, 3.8) is 0 Å². The number of hydrogen-bond acceptors (Lipinski definition) is 3. The summed E-state index contributed by atoms with van der Waals surface area (Å²) in [5.74, 6) is 3.80. The van der Waals surface area contributed by atoms with E-state index in [1.807, 2.05) is 42.5 Å². The Morgan fingerprint density at radius 2 is 1.90 bits per heavy atom. The fourth-order valence-corrected chi connectivity index (χ4v) is 1.97. The molecule has 0 bridgehead atoms. The second-order valence-corrected chi connectivity index (χ2v) is 4.45.